The molecular formula is C20H28N2O4S. The van der Waals surface area contributed by atoms with Gasteiger partial charge in [-0.1, -0.05) is 44.4 Å². The summed E-state index contributed by atoms with van der Waals surface area (Å²) >= 11 is 0. The van der Waals surface area contributed by atoms with Gasteiger partial charge in [0, 0.05) is 13.6 Å². The predicted octanol–water partition coefficient (Wildman–Crippen LogP) is 2.84. The van der Waals surface area contributed by atoms with Gasteiger partial charge in [0.1, 0.15) is 11.5 Å². The molecule has 1 aliphatic heterocycles. The number of carbonyl (C=O) groups excluding carboxylic acids is 1. The zero-order chi connectivity index (χ0) is 19.7. The van der Waals surface area contributed by atoms with Crippen molar-refractivity contribution < 1.29 is 17.9 Å². The van der Waals surface area contributed by atoms with Gasteiger partial charge in [0.25, 0.3) is 5.91 Å². The molecule has 1 saturated heterocycles. The summed E-state index contributed by atoms with van der Waals surface area (Å²) in [5.41, 5.74) is 0. The average Bonchev–Trinajstić information content (AvgIpc) is 3.07. The van der Waals surface area contributed by atoms with Crippen molar-refractivity contribution >= 4 is 15.7 Å². The highest BCUT2D eigenvalue weighted by molar-refractivity contribution is 7.96. The number of unbranched alkanes of at least 4 members (excludes halogenated alkanes) is 3. The van der Waals surface area contributed by atoms with Crippen molar-refractivity contribution in [2.45, 2.75) is 37.5 Å². The van der Waals surface area contributed by atoms with E-state index in [9.17, 15) is 13.2 Å². The third-order valence-electron chi connectivity index (χ3n) is 4.31. The molecule has 27 heavy (non-hydrogen) atoms. The van der Waals surface area contributed by atoms with Crippen molar-refractivity contribution in [2.24, 2.45) is 0 Å². The molecule has 0 spiro atoms. The molecular weight excluding hydrogens is 364 g/mol. The highest BCUT2D eigenvalue weighted by atomic mass is 32.2. The number of hydrogen-bond acceptors (Lipinski definition) is 5. The van der Waals surface area contributed by atoms with Gasteiger partial charge in [-0.15, -0.1) is 0 Å². The Morgan fingerprint density at radius 2 is 1.96 bits per heavy atom. The molecule has 2 rings (SSSR count). The van der Waals surface area contributed by atoms with Crippen LogP contribution >= 0.6 is 0 Å². The van der Waals surface area contributed by atoms with Crippen molar-refractivity contribution in [3.63, 3.8) is 0 Å². The number of carbonyl (C=O) groups is 1. The van der Waals surface area contributed by atoms with Gasteiger partial charge in [-0.2, -0.15) is 0 Å². The molecule has 1 heterocycles. The second-order valence-electron chi connectivity index (χ2n) is 6.44. The molecule has 7 heteroatoms. The Labute approximate surface area is 161 Å². The highest BCUT2D eigenvalue weighted by Gasteiger charge is 2.26. The van der Waals surface area contributed by atoms with Crippen LogP contribution in [0.5, 0.6) is 0 Å². The summed E-state index contributed by atoms with van der Waals surface area (Å²) in [7, 11) is -2.07. The van der Waals surface area contributed by atoms with E-state index in [4.69, 9.17) is 4.74 Å². The number of benzene rings is 1. The number of nitrogens with one attached hydrogen (secondary N) is 1. The maximum atomic E-state index is 13.0. The van der Waals surface area contributed by atoms with Crippen LogP contribution in [0, 0.1) is 0 Å². The average molecular weight is 393 g/mol. The predicted molar refractivity (Wildman–Crippen MR) is 106 cm³/mol. The van der Waals surface area contributed by atoms with Crippen molar-refractivity contribution in [3.05, 3.63) is 53.3 Å². The summed E-state index contributed by atoms with van der Waals surface area (Å²) in [5, 5.41) is 2.73. The molecule has 1 aliphatic rings. The molecule has 0 bridgehead atoms. The van der Waals surface area contributed by atoms with Crippen LogP contribution in [0.3, 0.4) is 0 Å². The minimum atomic E-state index is -3.93. The number of allylic oxidation sites excluding steroid dienone is 2. The van der Waals surface area contributed by atoms with Gasteiger partial charge in [0.15, 0.2) is 5.88 Å². The minimum Gasteiger partial charge on any atom is -0.477 e. The highest BCUT2D eigenvalue weighted by Crippen LogP contribution is 2.20. The van der Waals surface area contributed by atoms with Crippen molar-refractivity contribution in [2.75, 3.05) is 26.7 Å². The number of amides is 1. The van der Waals surface area contributed by atoms with Crippen LogP contribution in [0.4, 0.5) is 0 Å². The van der Waals surface area contributed by atoms with Gasteiger partial charge in [-0.05, 0) is 30.7 Å². The standard InChI is InChI=1S/C20H28N2O4S/c1-3-4-5-9-14-21-20(23)18(12-13-19-22(2)15-16-26-19)27(24,25)17-10-7-6-8-11-17/h6-8,10-13H,3-5,9,14-16H2,1-2H3,(H,21,23). The van der Waals surface area contributed by atoms with Crippen LogP contribution in [0.2, 0.25) is 0 Å². The molecule has 1 N–H and O–H groups in total. The van der Waals surface area contributed by atoms with E-state index in [-0.39, 0.29) is 9.80 Å². The van der Waals surface area contributed by atoms with Crippen LogP contribution in [-0.4, -0.2) is 46.0 Å². The van der Waals surface area contributed by atoms with Crippen molar-refractivity contribution in [1.82, 2.24) is 10.2 Å². The van der Waals surface area contributed by atoms with Gasteiger partial charge in [-0.3, -0.25) is 4.79 Å². The lowest BCUT2D eigenvalue weighted by Crippen LogP contribution is -2.29. The van der Waals surface area contributed by atoms with E-state index >= 15 is 0 Å². The van der Waals surface area contributed by atoms with Crippen molar-refractivity contribution in [3.8, 4) is 0 Å². The van der Waals surface area contributed by atoms with E-state index in [2.05, 4.69) is 12.2 Å². The fraction of sp³-hybridized carbons (Fsp3) is 0.450. The van der Waals surface area contributed by atoms with Crippen LogP contribution < -0.4 is 5.32 Å². The van der Waals surface area contributed by atoms with Crippen LogP contribution in [0.25, 0.3) is 0 Å². The first-order chi connectivity index (χ1) is 13.0. The Morgan fingerprint density at radius 1 is 1.22 bits per heavy atom. The Bertz CT molecular complexity index is 785. The zero-order valence-electron chi connectivity index (χ0n) is 16.0. The summed E-state index contributed by atoms with van der Waals surface area (Å²) in [6.45, 7) is 3.83. The van der Waals surface area contributed by atoms with Gasteiger partial charge >= 0.3 is 0 Å². The second kappa shape index (κ2) is 10.2. The normalized spacial score (nSPS) is 16.4. The van der Waals surface area contributed by atoms with Gasteiger partial charge in [0.2, 0.25) is 9.84 Å². The SMILES string of the molecule is CCCCCCNC(=O)C(=CC=C1OCCN1C)S(=O)(=O)c1ccccc1. The lowest BCUT2D eigenvalue weighted by Gasteiger charge is -2.11. The summed E-state index contributed by atoms with van der Waals surface area (Å²) in [5.74, 6) is -0.0423. The summed E-state index contributed by atoms with van der Waals surface area (Å²) in [4.78, 5) is 14.3. The first kappa shape index (κ1) is 21.0. The number of likely N-dealkylation sites (N-methyl/N-ethyl adjacent to an activating group) is 1. The second-order valence-corrected chi connectivity index (χ2v) is 8.36. The van der Waals surface area contributed by atoms with Gasteiger partial charge in [0.05, 0.1) is 11.4 Å². The molecule has 1 aromatic rings. The molecule has 0 saturated carbocycles. The van der Waals surface area contributed by atoms with E-state index in [1.807, 2.05) is 11.9 Å². The maximum absolute atomic E-state index is 13.0. The quantitative estimate of drug-likeness (QED) is 0.517. The third-order valence-corrected chi connectivity index (χ3v) is 6.11. The van der Waals surface area contributed by atoms with Crippen LogP contribution in [0.15, 0.2) is 58.2 Å². The number of nitrogens with zero attached hydrogens (tertiary/aromatic N) is 1. The lowest BCUT2D eigenvalue weighted by molar-refractivity contribution is -0.116. The number of rotatable bonds is 9. The molecule has 0 unspecified atom stereocenters. The van der Waals surface area contributed by atoms with E-state index < -0.39 is 15.7 Å². The van der Waals surface area contributed by atoms with Crippen LogP contribution in [0.1, 0.15) is 32.6 Å². The Balaban J connectivity index is 2.24. The Kier molecular flexibility index (Phi) is 7.91. The first-order valence-corrected chi connectivity index (χ1v) is 10.8. The summed E-state index contributed by atoms with van der Waals surface area (Å²) in [6.07, 6.45) is 6.90. The molecule has 1 aromatic carbocycles. The topological polar surface area (TPSA) is 75.7 Å². The molecule has 6 nitrogen and oxygen atoms in total. The van der Waals surface area contributed by atoms with E-state index in [1.54, 1.807) is 24.3 Å². The Morgan fingerprint density at radius 3 is 2.59 bits per heavy atom. The Hall–Kier alpha value is -2.28. The van der Waals surface area contributed by atoms with E-state index in [0.717, 1.165) is 32.2 Å². The molecule has 1 fully saturated rings. The molecule has 0 aromatic heterocycles. The van der Waals surface area contributed by atoms with E-state index in [1.165, 1.54) is 18.2 Å². The van der Waals surface area contributed by atoms with Gasteiger partial charge < -0.3 is 15.0 Å². The lowest BCUT2D eigenvalue weighted by atomic mass is 10.2. The third kappa shape index (κ3) is 5.85. The minimum absolute atomic E-state index is 0.0940. The van der Waals surface area contributed by atoms with Crippen LogP contribution in [-0.2, 0) is 19.4 Å². The van der Waals surface area contributed by atoms with Gasteiger partial charge in [-0.25, -0.2) is 8.42 Å². The molecule has 148 valence electrons. The zero-order valence-corrected chi connectivity index (χ0v) is 16.8. The summed E-state index contributed by atoms with van der Waals surface area (Å²) < 4.78 is 31.4. The largest absolute Gasteiger partial charge is 0.477 e. The monoisotopic (exact) mass is 392 g/mol. The first-order valence-electron chi connectivity index (χ1n) is 9.31. The molecule has 0 radical (unpaired) electrons. The molecule has 0 aliphatic carbocycles. The molecule has 0 atom stereocenters. The number of sulfone groups is 1. The summed E-state index contributed by atoms with van der Waals surface area (Å²) in [6, 6.07) is 7.99. The maximum Gasteiger partial charge on any atom is 0.263 e. The smallest absolute Gasteiger partial charge is 0.263 e. The number of hydrogen-bond donors (Lipinski definition) is 1. The number of ether oxygens (including phenoxy) is 1. The van der Waals surface area contributed by atoms with E-state index in [0.29, 0.717) is 19.0 Å². The molecule has 1 amide bonds. The fourth-order valence-corrected chi connectivity index (χ4v) is 4.02. The van der Waals surface area contributed by atoms with Crippen molar-refractivity contribution in [1.29, 1.82) is 0 Å². The fourth-order valence-electron chi connectivity index (χ4n) is 2.68.